The first kappa shape index (κ1) is 18.9. The molecule has 0 aliphatic carbocycles. The highest BCUT2D eigenvalue weighted by Crippen LogP contribution is 2.19. The van der Waals surface area contributed by atoms with Crippen LogP contribution < -0.4 is 9.62 Å². The van der Waals surface area contributed by atoms with Gasteiger partial charge in [-0.3, -0.25) is 9.10 Å². The third-order valence-electron chi connectivity index (χ3n) is 3.39. The van der Waals surface area contributed by atoms with Crippen LogP contribution in [0.25, 0.3) is 0 Å². The van der Waals surface area contributed by atoms with Gasteiger partial charge in [0.1, 0.15) is 11.6 Å². The van der Waals surface area contributed by atoms with Crippen LogP contribution in [0.3, 0.4) is 0 Å². The molecular weight excluding hydrogens is 350 g/mol. The maximum absolute atomic E-state index is 13.1. The summed E-state index contributed by atoms with van der Waals surface area (Å²) in [6.07, 6.45) is 1.36. The number of hydrogen-bond acceptors (Lipinski definition) is 3. The molecule has 0 aliphatic rings. The molecule has 0 bridgehead atoms. The van der Waals surface area contributed by atoms with Gasteiger partial charge in [-0.25, -0.2) is 17.2 Å². The Hall–Kier alpha value is -2.48. The second-order valence-electron chi connectivity index (χ2n) is 5.47. The Morgan fingerprint density at radius 3 is 2.36 bits per heavy atom. The number of rotatable bonds is 7. The highest BCUT2D eigenvalue weighted by molar-refractivity contribution is 7.92. The van der Waals surface area contributed by atoms with Crippen molar-refractivity contribution in [2.24, 2.45) is 0 Å². The van der Waals surface area contributed by atoms with E-state index in [1.54, 1.807) is 6.07 Å². The summed E-state index contributed by atoms with van der Waals surface area (Å²) in [5, 5.41) is 2.55. The lowest BCUT2D eigenvalue weighted by molar-refractivity contribution is -0.116. The van der Waals surface area contributed by atoms with E-state index in [0.717, 1.165) is 10.6 Å². The lowest BCUT2D eigenvalue weighted by Gasteiger charge is -2.22. The van der Waals surface area contributed by atoms with Gasteiger partial charge in [-0.15, -0.1) is 0 Å². The zero-order valence-corrected chi connectivity index (χ0v) is 14.4. The molecule has 1 amide bonds. The third-order valence-corrected chi connectivity index (χ3v) is 4.58. The zero-order valence-electron chi connectivity index (χ0n) is 13.6. The quantitative estimate of drug-likeness (QED) is 0.816. The summed E-state index contributed by atoms with van der Waals surface area (Å²) < 4.78 is 51.0. The number of halogens is 2. The number of hydrogen-bond donors (Lipinski definition) is 1. The van der Waals surface area contributed by atoms with Crippen molar-refractivity contribution in [1.82, 2.24) is 0 Å². The van der Waals surface area contributed by atoms with E-state index in [9.17, 15) is 22.0 Å². The Kier molecular flexibility index (Phi) is 6.08. The number of sulfonamides is 1. The van der Waals surface area contributed by atoms with Crippen molar-refractivity contribution in [3.05, 3.63) is 60.2 Å². The van der Waals surface area contributed by atoms with Crippen molar-refractivity contribution in [2.75, 3.05) is 22.4 Å². The molecule has 0 atom stereocenters. The Labute approximate surface area is 145 Å². The number of benzene rings is 2. The number of carbonyl (C=O) groups excluding carboxylic acids is 1. The minimum absolute atomic E-state index is 0.0593. The van der Waals surface area contributed by atoms with Crippen molar-refractivity contribution in [1.29, 1.82) is 0 Å². The van der Waals surface area contributed by atoms with Crippen molar-refractivity contribution >= 4 is 27.3 Å². The predicted octanol–water partition coefficient (Wildman–Crippen LogP) is 3.15. The maximum atomic E-state index is 13.1. The van der Waals surface area contributed by atoms with Crippen LogP contribution in [0, 0.1) is 11.6 Å². The number of anilines is 2. The summed E-state index contributed by atoms with van der Waals surface area (Å²) in [6, 6.07) is 10.6. The largest absolute Gasteiger partial charge is 0.326 e. The van der Waals surface area contributed by atoms with E-state index in [-0.39, 0.29) is 25.3 Å². The molecule has 0 aliphatic heterocycles. The van der Waals surface area contributed by atoms with Gasteiger partial charge in [0, 0.05) is 18.7 Å². The lowest BCUT2D eigenvalue weighted by atomic mass is 10.2. The summed E-state index contributed by atoms with van der Waals surface area (Å²) in [7, 11) is -3.56. The fourth-order valence-electron chi connectivity index (χ4n) is 2.27. The van der Waals surface area contributed by atoms with E-state index < -0.39 is 21.7 Å². The number of nitrogens with one attached hydrogen (secondary N) is 1. The second-order valence-corrected chi connectivity index (χ2v) is 7.38. The lowest BCUT2D eigenvalue weighted by Crippen LogP contribution is -2.31. The molecule has 2 aromatic carbocycles. The minimum atomic E-state index is -3.56. The van der Waals surface area contributed by atoms with Crippen LogP contribution in [0.4, 0.5) is 20.2 Å². The molecule has 0 heterocycles. The Balaban J connectivity index is 1.95. The van der Waals surface area contributed by atoms with Gasteiger partial charge in [-0.1, -0.05) is 6.07 Å². The van der Waals surface area contributed by atoms with Crippen molar-refractivity contribution in [3.63, 3.8) is 0 Å². The number of carbonyl (C=O) groups is 1. The first-order chi connectivity index (χ1) is 11.8. The molecule has 0 radical (unpaired) electrons. The van der Waals surface area contributed by atoms with E-state index in [0.29, 0.717) is 11.4 Å². The summed E-state index contributed by atoms with van der Waals surface area (Å²) in [4.78, 5) is 11.9. The van der Waals surface area contributed by atoms with Gasteiger partial charge in [-0.05, 0) is 48.9 Å². The average Bonchev–Trinajstić information content (AvgIpc) is 2.51. The number of amides is 1. The molecule has 0 fully saturated rings. The van der Waals surface area contributed by atoms with Crippen LogP contribution in [0.1, 0.15) is 12.8 Å². The van der Waals surface area contributed by atoms with Gasteiger partial charge in [0.2, 0.25) is 15.9 Å². The fourth-order valence-corrected chi connectivity index (χ4v) is 3.23. The molecule has 134 valence electrons. The normalized spacial score (nSPS) is 11.2. The monoisotopic (exact) mass is 368 g/mol. The summed E-state index contributed by atoms with van der Waals surface area (Å²) in [5.41, 5.74) is 0.665. The zero-order chi connectivity index (χ0) is 18.4. The van der Waals surface area contributed by atoms with Crippen molar-refractivity contribution < 1.29 is 22.0 Å². The van der Waals surface area contributed by atoms with Crippen LogP contribution in [-0.2, 0) is 14.8 Å². The summed E-state index contributed by atoms with van der Waals surface area (Å²) in [6.45, 7) is 0.0705. The van der Waals surface area contributed by atoms with Crippen LogP contribution in [0.5, 0.6) is 0 Å². The molecule has 1 N–H and O–H groups in total. The highest BCUT2D eigenvalue weighted by atomic mass is 32.2. The first-order valence-electron chi connectivity index (χ1n) is 7.54. The fraction of sp³-hybridized carbons (Fsp3) is 0.235. The summed E-state index contributed by atoms with van der Waals surface area (Å²) >= 11 is 0. The highest BCUT2D eigenvalue weighted by Gasteiger charge is 2.17. The van der Waals surface area contributed by atoms with Crippen molar-refractivity contribution in [3.8, 4) is 0 Å². The van der Waals surface area contributed by atoms with Gasteiger partial charge in [0.05, 0.1) is 11.9 Å². The van der Waals surface area contributed by atoms with Crippen molar-refractivity contribution in [2.45, 2.75) is 12.8 Å². The maximum Gasteiger partial charge on any atom is 0.232 e. The Morgan fingerprint density at radius 1 is 1.08 bits per heavy atom. The van der Waals surface area contributed by atoms with Gasteiger partial charge >= 0.3 is 0 Å². The number of nitrogens with zero attached hydrogens (tertiary/aromatic N) is 1. The molecule has 0 unspecified atom stereocenters. The Bertz CT molecular complexity index is 839. The first-order valence-corrected chi connectivity index (χ1v) is 9.39. The van der Waals surface area contributed by atoms with E-state index in [2.05, 4.69) is 5.32 Å². The van der Waals surface area contributed by atoms with Crippen LogP contribution >= 0.6 is 0 Å². The second kappa shape index (κ2) is 8.06. The van der Waals surface area contributed by atoms with E-state index in [1.165, 1.54) is 42.5 Å². The van der Waals surface area contributed by atoms with E-state index in [4.69, 9.17) is 0 Å². The molecule has 0 spiro atoms. The smallest absolute Gasteiger partial charge is 0.232 e. The third kappa shape index (κ3) is 5.82. The van der Waals surface area contributed by atoms with Gasteiger partial charge < -0.3 is 5.32 Å². The van der Waals surface area contributed by atoms with E-state index >= 15 is 0 Å². The van der Waals surface area contributed by atoms with E-state index in [1.807, 2.05) is 0 Å². The van der Waals surface area contributed by atoms with Gasteiger partial charge in [0.25, 0.3) is 0 Å². The topological polar surface area (TPSA) is 66.5 Å². The molecule has 8 heteroatoms. The summed E-state index contributed by atoms with van der Waals surface area (Å²) in [5.74, 6) is -1.28. The van der Waals surface area contributed by atoms with Gasteiger partial charge in [-0.2, -0.15) is 0 Å². The molecular formula is C17H18F2N2O3S. The van der Waals surface area contributed by atoms with Gasteiger partial charge in [0.15, 0.2) is 0 Å². The van der Waals surface area contributed by atoms with Crippen LogP contribution in [-0.4, -0.2) is 27.1 Å². The molecule has 0 saturated heterocycles. The molecule has 2 aromatic rings. The Morgan fingerprint density at radius 2 is 1.76 bits per heavy atom. The van der Waals surface area contributed by atoms with Crippen LogP contribution in [0.15, 0.2) is 48.5 Å². The SMILES string of the molecule is CS(=O)(=O)N(CCCC(=O)Nc1cccc(F)c1)c1ccc(F)cc1. The standard InChI is InChI=1S/C17H18F2N2O3S/c1-25(23,24)21(16-9-7-13(18)8-10-16)11-3-6-17(22)20-15-5-2-4-14(19)12-15/h2,4-5,7-10,12H,3,6,11H2,1H3,(H,20,22). The molecule has 2 rings (SSSR count). The average molecular weight is 368 g/mol. The predicted molar refractivity (Wildman–Crippen MR) is 92.9 cm³/mol. The molecule has 0 aromatic heterocycles. The molecule has 0 saturated carbocycles. The minimum Gasteiger partial charge on any atom is -0.326 e. The molecule has 25 heavy (non-hydrogen) atoms. The molecule has 5 nitrogen and oxygen atoms in total. The van der Waals surface area contributed by atoms with Crippen LogP contribution in [0.2, 0.25) is 0 Å².